The number of hydrogen-bond acceptors (Lipinski definition) is 3. The van der Waals surface area contributed by atoms with E-state index in [4.69, 9.17) is 4.74 Å². The summed E-state index contributed by atoms with van der Waals surface area (Å²) in [6, 6.07) is 5.68. The second-order valence-electron chi connectivity index (χ2n) is 5.23. The van der Waals surface area contributed by atoms with Gasteiger partial charge >= 0.3 is 6.09 Å². The molecule has 0 radical (unpaired) electrons. The van der Waals surface area contributed by atoms with Crippen molar-refractivity contribution >= 4 is 6.09 Å². The zero-order chi connectivity index (χ0) is 13.8. The predicted molar refractivity (Wildman–Crippen MR) is 70.2 cm³/mol. The van der Waals surface area contributed by atoms with Crippen molar-refractivity contribution < 1.29 is 14.6 Å². The second kappa shape index (κ2) is 5.87. The molecular formula is C14H21NO3. The molecule has 2 N–H and O–H groups in total. The van der Waals surface area contributed by atoms with E-state index in [-0.39, 0.29) is 6.61 Å². The molecule has 0 atom stereocenters. The van der Waals surface area contributed by atoms with Crippen molar-refractivity contribution in [3.8, 4) is 0 Å². The van der Waals surface area contributed by atoms with Crippen LogP contribution in [-0.4, -0.2) is 16.8 Å². The number of hydrogen-bond donors (Lipinski definition) is 2. The van der Waals surface area contributed by atoms with E-state index in [9.17, 15) is 9.90 Å². The highest BCUT2D eigenvalue weighted by Gasteiger charge is 2.16. The van der Waals surface area contributed by atoms with Crippen LogP contribution in [0.5, 0.6) is 0 Å². The first kappa shape index (κ1) is 14.5. The number of aliphatic hydroxyl groups excluding tert-OH is 1. The van der Waals surface area contributed by atoms with Crippen molar-refractivity contribution in [3.05, 3.63) is 34.9 Å². The molecule has 18 heavy (non-hydrogen) atoms. The van der Waals surface area contributed by atoms with Crippen molar-refractivity contribution in [1.82, 2.24) is 5.32 Å². The topological polar surface area (TPSA) is 58.6 Å². The lowest BCUT2D eigenvalue weighted by Gasteiger charge is -2.20. The van der Waals surface area contributed by atoms with Crippen molar-refractivity contribution in [2.45, 2.75) is 46.4 Å². The highest BCUT2D eigenvalue weighted by molar-refractivity contribution is 5.67. The number of aliphatic hydroxyl groups is 1. The van der Waals surface area contributed by atoms with Gasteiger partial charge in [0.1, 0.15) is 5.60 Å². The third-order valence-corrected chi connectivity index (χ3v) is 2.49. The first-order valence-corrected chi connectivity index (χ1v) is 5.98. The Balaban J connectivity index is 2.66. The van der Waals surface area contributed by atoms with Crippen LogP contribution in [0, 0.1) is 6.92 Å². The molecule has 0 heterocycles. The van der Waals surface area contributed by atoms with E-state index >= 15 is 0 Å². The first-order chi connectivity index (χ1) is 8.33. The Morgan fingerprint density at radius 3 is 2.61 bits per heavy atom. The number of alkyl carbamates (subject to hydrolysis) is 1. The largest absolute Gasteiger partial charge is 0.444 e. The molecule has 1 amide bonds. The molecule has 0 aromatic heterocycles. The number of carbonyl (C=O) groups is 1. The van der Waals surface area contributed by atoms with E-state index in [1.165, 1.54) is 0 Å². The summed E-state index contributed by atoms with van der Waals surface area (Å²) in [7, 11) is 0. The Labute approximate surface area is 108 Å². The summed E-state index contributed by atoms with van der Waals surface area (Å²) in [5.41, 5.74) is 2.30. The molecule has 0 aliphatic heterocycles. The molecule has 4 heteroatoms. The van der Waals surface area contributed by atoms with Crippen molar-refractivity contribution in [3.63, 3.8) is 0 Å². The van der Waals surface area contributed by atoms with Gasteiger partial charge in [0.05, 0.1) is 6.61 Å². The van der Waals surface area contributed by atoms with E-state index in [1.807, 2.05) is 45.9 Å². The summed E-state index contributed by atoms with van der Waals surface area (Å²) in [5.74, 6) is 0. The van der Waals surface area contributed by atoms with Crippen LogP contribution in [0.15, 0.2) is 18.2 Å². The van der Waals surface area contributed by atoms with Crippen molar-refractivity contribution in [2.24, 2.45) is 0 Å². The van der Waals surface area contributed by atoms with E-state index in [0.717, 1.165) is 16.7 Å². The quantitative estimate of drug-likeness (QED) is 0.867. The zero-order valence-electron chi connectivity index (χ0n) is 11.4. The molecule has 0 bridgehead atoms. The summed E-state index contributed by atoms with van der Waals surface area (Å²) in [4.78, 5) is 11.5. The molecule has 0 fully saturated rings. The van der Waals surface area contributed by atoms with Gasteiger partial charge < -0.3 is 15.2 Å². The number of ether oxygens (including phenoxy) is 1. The molecular weight excluding hydrogens is 230 g/mol. The van der Waals surface area contributed by atoms with Crippen LogP contribution in [0.4, 0.5) is 4.79 Å². The highest BCUT2D eigenvalue weighted by Crippen LogP contribution is 2.14. The van der Waals surface area contributed by atoms with Crippen LogP contribution < -0.4 is 5.32 Å². The van der Waals surface area contributed by atoms with Crippen LogP contribution in [0.2, 0.25) is 0 Å². The summed E-state index contributed by atoms with van der Waals surface area (Å²) in [6.45, 7) is 7.73. The van der Waals surface area contributed by atoms with Gasteiger partial charge in [-0.05, 0) is 44.4 Å². The smallest absolute Gasteiger partial charge is 0.407 e. The van der Waals surface area contributed by atoms with Crippen LogP contribution >= 0.6 is 0 Å². The van der Waals surface area contributed by atoms with Crippen LogP contribution in [0.1, 0.15) is 37.5 Å². The molecule has 0 aliphatic carbocycles. The molecule has 0 spiro atoms. The lowest BCUT2D eigenvalue weighted by Crippen LogP contribution is -2.32. The summed E-state index contributed by atoms with van der Waals surface area (Å²) in [5, 5.41) is 11.9. The molecule has 0 saturated heterocycles. The van der Waals surface area contributed by atoms with Crippen LogP contribution in [0.25, 0.3) is 0 Å². The Kier molecular flexibility index (Phi) is 4.73. The van der Waals surface area contributed by atoms with Crippen LogP contribution in [0.3, 0.4) is 0 Å². The molecule has 4 nitrogen and oxygen atoms in total. The lowest BCUT2D eigenvalue weighted by molar-refractivity contribution is 0.0523. The van der Waals surface area contributed by atoms with Gasteiger partial charge in [-0.3, -0.25) is 0 Å². The van der Waals surface area contributed by atoms with E-state index in [2.05, 4.69) is 5.32 Å². The van der Waals surface area contributed by atoms with E-state index < -0.39 is 11.7 Å². The van der Waals surface area contributed by atoms with E-state index in [0.29, 0.717) is 6.54 Å². The van der Waals surface area contributed by atoms with Gasteiger partial charge in [-0.15, -0.1) is 0 Å². The number of aryl methyl sites for hydroxylation is 1. The fourth-order valence-corrected chi connectivity index (χ4v) is 1.64. The summed E-state index contributed by atoms with van der Waals surface area (Å²) >= 11 is 0. The van der Waals surface area contributed by atoms with Gasteiger partial charge in [-0.2, -0.15) is 0 Å². The number of carbonyl (C=O) groups excluding carboxylic acids is 1. The number of rotatable bonds is 3. The van der Waals surface area contributed by atoms with Gasteiger partial charge in [0.15, 0.2) is 0 Å². The number of nitrogens with one attached hydrogen (secondary N) is 1. The SMILES string of the molecule is Cc1cccc(CO)c1CNC(=O)OC(C)(C)C. The monoisotopic (exact) mass is 251 g/mol. The maximum Gasteiger partial charge on any atom is 0.407 e. The van der Waals surface area contributed by atoms with Crippen LogP contribution in [-0.2, 0) is 17.9 Å². The fraction of sp³-hybridized carbons (Fsp3) is 0.500. The minimum Gasteiger partial charge on any atom is -0.444 e. The fourth-order valence-electron chi connectivity index (χ4n) is 1.64. The average molecular weight is 251 g/mol. The molecule has 100 valence electrons. The number of amides is 1. The van der Waals surface area contributed by atoms with Gasteiger partial charge in [-0.25, -0.2) is 4.79 Å². The minimum atomic E-state index is -0.504. The van der Waals surface area contributed by atoms with E-state index in [1.54, 1.807) is 0 Å². The number of benzene rings is 1. The normalized spacial score (nSPS) is 11.2. The Bertz CT molecular complexity index is 422. The molecule has 1 aromatic carbocycles. The zero-order valence-corrected chi connectivity index (χ0v) is 11.4. The third kappa shape index (κ3) is 4.37. The second-order valence-corrected chi connectivity index (χ2v) is 5.23. The van der Waals surface area contributed by atoms with Crippen molar-refractivity contribution in [2.75, 3.05) is 0 Å². The standard InChI is InChI=1S/C14H21NO3/c1-10-6-5-7-11(9-16)12(10)8-15-13(17)18-14(2,3)4/h5-7,16H,8-9H2,1-4H3,(H,15,17). The molecule has 0 aliphatic rings. The predicted octanol–water partition coefficient (Wildman–Crippen LogP) is 2.51. The van der Waals surface area contributed by atoms with Gasteiger partial charge in [0.25, 0.3) is 0 Å². The maximum absolute atomic E-state index is 11.5. The third-order valence-electron chi connectivity index (χ3n) is 2.49. The maximum atomic E-state index is 11.5. The Morgan fingerprint density at radius 1 is 1.39 bits per heavy atom. The van der Waals surface area contributed by atoms with Gasteiger partial charge in [0.2, 0.25) is 0 Å². The Morgan fingerprint density at radius 2 is 2.06 bits per heavy atom. The average Bonchev–Trinajstić information content (AvgIpc) is 2.24. The summed E-state index contributed by atoms with van der Waals surface area (Å²) < 4.78 is 5.16. The minimum absolute atomic E-state index is 0.0347. The summed E-state index contributed by atoms with van der Waals surface area (Å²) in [6.07, 6.45) is -0.449. The molecule has 0 unspecified atom stereocenters. The van der Waals surface area contributed by atoms with Gasteiger partial charge in [0, 0.05) is 6.54 Å². The first-order valence-electron chi connectivity index (χ1n) is 5.98. The van der Waals surface area contributed by atoms with Gasteiger partial charge in [-0.1, -0.05) is 18.2 Å². The molecule has 1 rings (SSSR count). The molecule has 0 saturated carbocycles. The lowest BCUT2D eigenvalue weighted by atomic mass is 10.0. The molecule has 1 aromatic rings. The Hall–Kier alpha value is -1.55. The highest BCUT2D eigenvalue weighted by atomic mass is 16.6. The van der Waals surface area contributed by atoms with Crippen molar-refractivity contribution in [1.29, 1.82) is 0 Å².